The summed E-state index contributed by atoms with van der Waals surface area (Å²) in [6.45, 7) is 16.0. The van der Waals surface area contributed by atoms with Crippen LogP contribution in [0.15, 0.2) is 60.2 Å². The summed E-state index contributed by atoms with van der Waals surface area (Å²) in [5.74, 6) is -0.603. The highest BCUT2D eigenvalue weighted by atomic mass is 16.6. The van der Waals surface area contributed by atoms with E-state index in [0.29, 0.717) is 50.4 Å². The molecule has 1 unspecified atom stereocenters. The normalized spacial score (nSPS) is 23.7. The summed E-state index contributed by atoms with van der Waals surface area (Å²) in [5, 5.41) is 9.32. The first-order valence-electron chi connectivity index (χ1n) is 15.4. The van der Waals surface area contributed by atoms with Gasteiger partial charge in [0, 0.05) is 50.4 Å². The van der Waals surface area contributed by atoms with Crippen molar-refractivity contribution in [2.24, 2.45) is 10.8 Å². The zero-order valence-electron chi connectivity index (χ0n) is 26.4. The highest BCUT2D eigenvalue weighted by Crippen LogP contribution is 2.58. The predicted molar refractivity (Wildman–Crippen MR) is 168 cm³/mol. The van der Waals surface area contributed by atoms with Crippen LogP contribution in [0.25, 0.3) is 0 Å². The van der Waals surface area contributed by atoms with Crippen molar-refractivity contribution in [2.75, 3.05) is 44.2 Å². The van der Waals surface area contributed by atoms with Gasteiger partial charge in [-0.2, -0.15) is 0 Å². The molecule has 0 bridgehead atoms. The number of hydrogen-bond acceptors (Lipinski definition) is 5. The van der Waals surface area contributed by atoms with Gasteiger partial charge in [-0.25, -0.2) is 9.59 Å². The third-order valence-electron chi connectivity index (χ3n) is 9.51. The summed E-state index contributed by atoms with van der Waals surface area (Å²) in [7, 11) is 0. The van der Waals surface area contributed by atoms with Crippen LogP contribution in [0.5, 0.6) is 0 Å². The number of fused-ring (bicyclic) bond motifs is 1. The highest BCUT2D eigenvalue weighted by Gasteiger charge is 2.50. The summed E-state index contributed by atoms with van der Waals surface area (Å²) >= 11 is 0. The van der Waals surface area contributed by atoms with E-state index in [9.17, 15) is 19.5 Å². The van der Waals surface area contributed by atoms with E-state index in [0.717, 1.165) is 24.1 Å². The maximum Gasteiger partial charge on any atom is 0.410 e. The average Bonchev–Trinajstić information content (AvgIpc) is 2.95. The van der Waals surface area contributed by atoms with Crippen LogP contribution >= 0.6 is 0 Å². The van der Waals surface area contributed by atoms with E-state index in [1.807, 2.05) is 62.1 Å². The molecule has 8 heteroatoms. The second kappa shape index (κ2) is 11.4. The molecular weight excluding hydrogens is 542 g/mol. The smallest absolute Gasteiger partial charge is 0.410 e. The number of rotatable bonds is 4. The van der Waals surface area contributed by atoms with Crippen molar-refractivity contribution < 1.29 is 24.2 Å². The first-order valence-corrected chi connectivity index (χ1v) is 15.4. The lowest BCUT2D eigenvalue weighted by molar-refractivity contribution is 0.0240. The lowest BCUT2D eigenvalue weighted by Gasteiger charge is -2.54. The Hall–Kier alpha value is -3.81. The summed E-state index contributed by atoms with van der Waals surface area (Å²) < 4.78 is 5.55. The second-order valence-corrected chi connectivity index (χ2v) is 14.1. The molecule has 2 heterocycles. The Morgan fingerprint density at radius 1 is 0.907 bits per heavy atom. The molecule has 230 valence electrons. The molecule has 5 rings (SSSR count). The molecule has 1 aliphatic carbocycles. The van der Waals surface area contributed by atoms with Gasteiger partial charge in [-0.15, -0.1) is 0 Å². The molecule has 1 saturated carbocycles. The zero-order valence-corrected chi connectivity index (χ0v) is 26.4. The number of anilines is 1. The zero-order chi connectivity index (χ0) is 31.2. The van der Waals surface area contributed by atoms with Crippen molar-refractivity contribution in [3.63, 3.8) is 0 Å². The minimum Gasteiger partial charge on any atom is -0.478 e. The largest absolute Gasteiger partial charge is 0.478 e. The first-order chi connectivity index (χ1) is 20.2. The van der Waals surface area contributed by atoms with Gasteiger partial charge < -0.3 is 24.5 Å². The SMILES string of the molecule is CC(C)(C)OC(=O)N1CCN(c2ccccc2C(=O)N2CC=C3C(C)(C)C(c4ccc(C(=O)O)cc4)CC[C@]3(C)C2)CC1. The van der Waals surface area contributed by atoms with E-state index in [1.165, 1.54) is 5.57 Å². The second-order valence-electron chi connectivity index (χ2n) is 14.1. The molecular formula is C35H45N3O5. The number of piperazine rings is 1. The number of ether oxygens (including phenoxy) is 1. The van der Waals surface area contributed by atoms with Crippen LogP contribution in [-0.4, -0.2) is 77.7 Å². The quantitative estimate of drug-likeness (QED) is 0.415. The van der Waals surface area contributed by atoms with Gasteiger partial charge in [-0.3, -0.25) is 4.79 Å². The number of hydrogen-bond donors (Lipinski definition) is 1. The van der Waals surface area contributed by atoms with Crippen LogP contribution in [-0.2, 0) is 4.74 Å². The number of carboxylic acids is 1. The summed E-state index contributed by atoms with van der Waals surface area (Å²) in [5.41, 5.74) is 3.66. The fourth-order valence-electron chi connectivity index (χ4n) is 7.44. The van der Waals surface area contributed by atoms with Crippen LogP contribution in [0.3, 0.4) is 0 Å². The van der Waals surface area contributed by atoms with Crippen LogP contribution in [0.1, 0.15) is 86.6 Å². The standard InChI is InChI=1S/C35H45N3O5/c1-33(2,3)43-32(42)37-21-19-36(20-22-37)28-10-8-7-9-26(28)30(39)38-18-16-29-34(4,5)27(15-17-35(29,6)23-38)24-11-13-25(14-12-24)31(40)41/h7-14,16,27H,15,17-23H2,1-6H3,(H,40,41)/t27?,35-/m1/s1. The van der Waals surface area contributed by atoms with Crippen molar-refractivity contribution in [3.8, 4) is 0 Å². The fraction of sp³-hybridized carbons (Fsp3) is 0.514. The van der Waals surface area contributed by atoms with Crippen LogP contribution in [0, 0.1) is 10.8 Å². The van der Waals surface area contributed by atoms with Crippen LogP contribution in [0.4, 0.5) is 10.5 Å². The van der Waals surface area contributed by atoms with Crippen LogP contribution in [0.2, 0.25) is 0 Å². The molecule has 1 saturated heterocycles. The fourth-order valence-corrected chi connectivity index (χ4v) is 7.44. The Morgan fingerprint density at radius 2 is 1.56 bits per heavy atom. The molecule has 2 fully saturated rings. The van der Waals surface area contributed by atoms with E-state index in [2.05, 4.69) is 31.7 Å². The molecule has 0 spiro atoms. The number of aromatic carboxylic acids is 1. The maximum absolute atomic E-state index is 14.1. The van der Waals surface area contributed by atoms with Gasteiger partial charge in [0.15, 0.2) is 0 Å². The Balaban J connectivity index is 1.31. The van der Waals surface area contributed by atoms with Gasteiger partial charge in [0.05, 0.1) is 11.1 Å². The molecule has 1 N–H and O–H groups in total. The number of carboxylic acid groups (broad SMARTS) is 1. The summed E-state index contributed by atoms with van der Waals surface area (Å²) in [6.07, 6.45) is 3.89. The topological polar surface area (TPSA) is 90.4 Å². The van der Waals surface area contributed by atoms with Crippen molar-refractivity contribution in [1.82, 2.24) is 9.80 Å². The first kappa shape index (κ1) is 30.6. The Kier molecular flexibility index (Phi) is 8.09. The number of carbonyl (C=O) groups excluding carboxylic acids is 2. The summed E-state index contributed by atoms with van der Waals surface area (Å²) in [6, 6.07) is 15.1. The lowest BCUT2D eigenvalue weighted by atomic mass is 9.53. The van der Waals surface area contributed by atoms with E-state index < -0.39 is 11.6 Å². The van der Waals surface area contributed by atoms with Gasteiger partial charge in [-0.1, -0.05) is 56.7 Å². The number of nitrogens with zero attached hydrogens (tertiary/aromatic N) is 3. The van der Waals surface area contributed by atoms with Crippen molar-refractivity contribution in [2.45, 2.75) is 65.9 Å². The molecule has 2 aromatic carbocycles. The van der Waals surface area contributed by atoms with Crippen molar-refractivity contribution >= 4 is 23.7 Å². The van der Waals surface area contributed by atoms with Gasteiger partial charge in [0.2, 0.25) is 0 Å². The van der Waals surface area contributed by atoms with Crippen LogP contribution < -0.4 is 4.90 Å². The van der Waals surface area contributed by atoms with Gasteiger partial charge in [0.25, 0.3) is 5.91 Å². The Morgan fingerprint density at radius 3 is 2.19 bits per heavy atom. The minimum atomic E-state index is -0.911. The molecule has 0 aromatic heterocycles. The monoisotopic (exact) mass is 587 g/mol. The Labute approximate surface area is 255 Å². The maximum atomic E-state index is 14.1. The number of benzene rings is 2. The van der Waals surface area contributed by atoms with E-state index >= 15 is 0 Å². The Bertz CT molecular complexity index is 1420. The number of amides is 2. The van der Waals surface area contributed by atoms with E-state index in [4.69, 9.17) is 4.74 Å². The van der Waals surface area contributed by atoms with Crippen molar-refractivity contribution in [1.29, 1.82) is 0 Å². The molecule has 43 heavy (non-hydrogen) atoms. The number of carbonyl (C=O) groups is 3. The molecule has 8 nitrogen and oxygen atoms in total. The molecule has 3 aliphatic rings. The molecule has 2 amide bonds. The highest BCUT2D eigenvalue weighted by molar-refractivity contribution is 6.00. The van der Waals surface area contributed by atoms with E-state index in [-0.39, 0.29) is 28.7 Å². The molecule has 2 atom stereocenters. The summed E-state index contributed by atoms with van der Waals surface area (Å²) in [4.78, 5) is 43.9. The third kappa shape index (κ3) is 6.15. The number of para-hydroxylation sites is 1. The lowest BCUT2D eigenvalue weighted by Crippen LogP contribution is -2.52. The van der Waals surface area contributed by atoms with Gasteiger partial charge in [0.1, 0.15) is 5.60 Å². The predicted octanol–water partition coefficient (Wildman–Crippen LogP) is 6.43. The molecule has 2 aliphatic heterocycles. The van der Waals surface area contributed by atoms with E-state index in [1.54, 1.807) is 17.0 Å². The molecule has 0 radical (unpaired) electrons. The molecule has 2 aromatic rings. The van der Waals surface area contributed by atoms with Gasteiger partial charge >= 0.3 is 12.1 Å². The minimum absolute atomic E-state index is 0.0332. The third-order valence-corrected chi connectivity index (χ3v) is 9.51. The van der Waals surface area contributed by atoms with Crippen molar-refractivity contribution in [3.05, 3.63) is 76.9 Å². The average molecular weight is 588 g/mol. The van der Waals surface area contributed by atoms with Gasteiger partial charge in [-0.05, 0) is 74.8 Å².